The number of amides is 1. The van der Waals surface area contributed by atoms with Gasteiger partial charge in [0.2, 0.25) is 10.0 Å². The number of nitrogens with zero attached hydrogens (tertiary/aromatic N) is 3. The molecule has 7 nitrogen and oxygen atoms in total. The molecule has 0 aliphatic carbocycles. The van der Waals surface area contributed by atoms with Gasteiger partial charge in [0.1, 0.15) is 11.5 Å². The normalized spacial score (nSPS) is 11.6. The molecule has 19 heavy (non-hydrogen) atoms. The zero-order chi connectivity index (χ0) is 14.6. The first kappa shape index (κ1) is 15.5. The standard InChI is InChI=1S/C11H18N4O3S/c1-8-7-10(14-9(2)13-8)11(16)12-5-6-15(3)19(4,17)18/h7H,5-6H2,1-4H3,(H,12,16). The van der Waals surface area contributed by atoms with Crippen molar-refractivity contribution in [3.8, 4) is 0 Å². The van der Waals surface area contributed by atoms with E-state index in [9.17, 15) is 13.2 Å². The lowest BCUT2D eigenvalue weighted by Gasteiger charge is -2.14. The van der Waals surface area contributed by atoms with Crippen LogP contribution in [0, 0.1) is 13.8 Å². The molecular weight excluding hydrogens is 268 g/mol. The van der Waals surface area contributed by atoms with E-state index in [-0.39, 0.29) is 24.7 Å². The highest BCUT2D eigenvalue weighted by Crippen LogP contribution is 2.00. The van der Waals surface area contributed by atoms with Gasteiger partial charge in [-0.25, -0.2) is 22.7 Å². The predicted molar refractivity (Wildman–Crippen MR) is 71.3 cm³/mol. The maximum Gasteiger partial charge on any atom is 0.270 e. The van der Waals surface area contributed by atoms with Gasteiger partial charge in [-0.1, -0.05) is 0 Å². The van der Waals surface area contributed by atoms with Crippen molar-refractivity contribution in [3.63, 3.8) is 0 Å². The maximum atomic E-state index is 11.8. The minimum absolute atomic E-state index is 0.216. The summed E-state index contributed by atoms with van der Waals surface area (Å²) in [5.41, 5.74) is 0.998. The highest BCUT2D eigenvalue weighted by Gasteiger charge is 2.12. The molecule has 0 atom stereocenters. The lowest BCUT2D eigenvalue weighted by Crippen LogP contribution is -2.36. The van der Waals surface area contributed by atoms with Crippen LogP contribution in [-0.4, -0.2) is 55.0 Å². The molecule has 0 saturated carbocycles. The third kappa shape index (κ3) is 4.92. The number of sulfonamides is 1. The number of carbonyl (C=O) groups excluding carboxylic acids is 1. The lowest BCUT2D eigenvalue weighted by molar-refractivity contribution is 0.0946. The molecular formula is C11H18N4O3S. The van der Waals surface area contributed by atoms with Gasteiger partial charge < -0.3 is 5.32 Å². The number of hydrogen-bond donors (Lipinski definition) is 1. The van der Waals surface area contributed by atoms with Crippen LogP contribution in [0.15, 0.2) is 6.07 Å². The van der Waals surface area contributed by atoms with Crippen LogP contribution in [-0.2, 0) is 10.0 Å². The molecule has 0 aliphatic rings. The largest absolute Gasteiger partial charge is 0.349 e. The van der Waals surface area contributed by atoms with Crippen LogP contribution in [0.5, 0.6) is 0 Å². The van der Waals surface area contributed by atoms with Crippen molar-refractivity contribution in [1.82, 2.24) is 19.6 Å². The molecule has 0 aliphatic heterocycles. The van der Waals surface area contributed by atoms with Gasteiger partial charge in [-0.3, -0.25) is 4.79 Å². The summed E-state index contributed by atoms with van der Waals surface area (Å²) >= 11 is 0. The van der Waals surface area contributed by atoms with Gasteiger partial charge in [0.05, 0.1) is 6.26 Å². The smallest absolute Gasteiger partial charge is 0.270 e. The summed E-state index contributed by atoms with van der Waals surface area (Å²) in [7, 11) is -1.76. The van der Waals surface area contributed by atoms with E-state index < -0.39 is 10.0 Å². The van der Waals surface area contributed by atoms with E-state index in [0.29, 0.717) is 11.5 Å². The Labute approximate surface area is 113 Å². The second-order valence-corrected chi connectivity index (χ2v) is 6.37. The average molecular weight is 286 g/mol. The Balaban J connectivity index is 2.57. The summed E-state index contributed by atoms with van der Waals surface area (Å²) in [5, 5.41) is 2.62. The van der Waals surface area contributed by atoms with Crippen molar-refractivity contribution >= 4 is 15.9 Å². The molecule has 1 amide bonds. The summed E-state index contributed by atoms with van der Waals surface area (Å²) in [6.07, 6.45) is 1.12. The summed E-state index contributed by atoms with van der Waals surface area (Å²) in [4.78, 5) is 19.9. The van der Waals surface area contributed by atoms with Crippen LogP contribution in [0.4, 0.5) is 0 Å². The van der Waals surface area contributed by atoms with Gasteiger partial charge in [0.15, 0.2) is 0 Å². The van der Waals surface area contributed by atoms with Gasteiger partial charge >= 0.3 is 0 Å². The highest BCUT2D eigenvalue weighted by molar-refractivity contribution is 7.88. The molecule has 0 saturated heterocycles. The Bertz CT molecular complexity index is 551. The van der Waals surface area contributed by atoms with Crippen LogP contribution >= 0.6 is 0 Å². The van der Waals surface area contributed by atoms with Crippen LogP contribution in [0.3, 0.4) is 0 Å². The minimum atomic E-state index is -3.22. The average Bonchev–Trinajstić information content (AvgIpc) is 2.26. The SMILES string of the molecule is Cc1cc(C(=O)NCCN(C)S(C)(=O)=O)nc(C)n1. The fourth-order valence-corrected chi connectivity index (χ4v) is 1.84. The van der Waals surface area contributed by atoms with Crippen LogP contribution in [0.25, 0.3) is 0 Å². The third-order valence-corrected chi connectivity index (χ3v) is 3.79. The van der Waals surface area contributed by atoms with Crippen molar-refractivity contribution in [3.05, 3.63) is 23.3 Å². The zero-order valence-electron chi connectivity index (χ0n) is 11.5. The van der Waals surface area contributed by atoms with Crippen molar-refractivity contribution in [2.24, 2.45) is 0 Å². The fraction of sp³-hybridized carbons (Fsp3) is 0.545. The quantitative estimate of drug-likeness (QED) is 0.803. The Morgan fingerprint density at radius 3 is 2.53 bits per heavy atom. The number of aryl methyl sites for hydroxylation is 2. The molecule has 1 N–H and O–H groups in total. The summed E-state index contributed by atoms with van der Waals surface area (Å²) in [6.45, 7) is 3.93. The first-order chi connectivity index (χ1) is 8.70. The zero-order valence-corrected chi connectivity index (χ0v) is 12.3. The Morgan fingerprint density at radius 2 is 2.00 bits per heavy atom. The predicted octanol–water partition coefficient (Wildman–Crippen LogP) is -0.285. The van der Waals surface area contributed by atoms with Crippen molar-refractivity contribution in [2.45, 2.75) is 13.8 Å². The van der Waals surface area contributed by atoms with E-state index in [2.05, 4.69) is 15.3 Å². The van der Waals surface area contributed by atoms with Gasteiger partial charge in [-0.15, -0.1) is 0 Å². The number of rotatable bonds is 5. The molecule has 1 rings (SSSR count). The van der Waals surface area contributed by atoms with Gasteiger partial charge in [0, 0.05) is 25.8 Å². The first-order valence-corrected chi connectivity index (χ1v) is 7.57. The molecule has 8 heteroatoms. The van der Waals surface area contributed by atoms with E-state index in [0.717, 1.165) is 6.26 Å². The van der Waals surface area contributed by atoms with Gasteiger partial charge in [-0.2, -0.15) is 0 Å². The second-order valence-electron chi connectivity index (χ2n) is 4.28. The number of carbonyl (C=O) groups is 1. The van der Waals surface area contributed by atoms with Crippen LogP contribution < -0.4 is 5.32 Å². The highest BCUT2D eigenvalue weighted by atomic mass is 32.2. The van der Waals surface area contributed by atoms with Crippen molar-refractivity contribution in [2.75, 3.05) is 26.4 Å². The third-order valence-electron chi connectivity index (χ3n) is 2.48. The van der Waals surface area contributed by atoms with E-state index in [1.165, 1.54) is 11.4 Å². The molecule has 1 aromatic heterocycles. The first-order valence-electron chi connectivity index (χ1n) is 5.72. The Hall–Kier alpha value is -1.54. The van der Waals surface area contributed by atoms with Gasteiger partial charge in [0.25, 0.3) is 5.91 Å². The number of nitrogens with one attached hydrogen (secondary N) is 1. The van der Waals surface area contributed by atoms with Crippen molar-refractivity contribution < 1.29 is 13.2 Å². The molecule has 0 radical (unpaired) electrons. The van der Waals surface area contributed by atoms with E-state index in [1.54, 1.807) is 19.9 Å². The minimum Gasteiger partial charge on any atom is -0.349 e. The molecule has 0 aromatic carbocycles. The van der Waals surface area contributed by atoms with Gasteiger partial charge in [-0.05, 0) is 19.9 Å². The summed E-state index contributed by atoms with van der Waals surface area (Å²) in [5.74, 6) is 0.189. The monoisotopic (exact) mass is 286 g/mol. The Kier molecular flexibility index (Phi) is 4.96. The maximum absolute atomic E-state index is 11.8. The number of likely N-dealkylation sites (N-methyl/N-ethyl adjacent to an activating group) is 1. The van der Waals surface area contributed by atoms with E-state index in [1.807, 2.05) is 0 Å². The summed E-state index contributed by atoms with van der Waals surface area (Å²) in [6, 6.07) is 1.59. The molecule has 1 heterocycles. The van der Waals surface area contributed by atoms with E-state index >= 15 is 0 Å². The number of aromatic nitrogens is 2. The second kappa shape index (κ2) is 6.07. The lowest BCUT2D eigenvalue weighted by atomic mass is 10.3. The fourth-order valence-electron chi connectivity index (χ4n) is 1.42. The van der Waals surface area contributed by atoms with E-state index in [4.69, 9.17) is 0 Å². The summed E-state index contributed by atoms with van der Waals surface area (Å²) < 4.78 is 23.5. The molecule has 0 unspecified atom stereocenters. The van der Waals surface area contributed by atoms with Crippen LogP contribution in [0.2, 0.25) is 0 Å². The molecule has 0 bridgehead atoms. The molecule has 0 spiro atoms. The topological polar surface area (TPSA) is 92.3 Å². The Morgan fingerprint density at radius 1 is 1.37 bits per heavy atom. The van der Waals surface area contributed by atoms with Crippen LogP contribution in [0.1, 0.15) is 22.0 Å². The van der Waals surface area contributed by atoms with Crippen molar-refractivity contribution in [1.29, 1.82) is 0 Å². The molecule has 0 fully saturated rings. The molecule has 106 valence electrons. The molecule has 1 aromatic rings. The number of hydrogen-bond acceptors (Lipinski definition) is 5.